The summed E-state index contributed by atoms with van der Waals surface area (Å²) in [7, 11) is 0. The number of nitrogens with one attached hydrogen (secondary N) is 1. The van der Waals surface area contributed by atoms with Crippen LogP contribution >= 0.6 is 0 Å². The van der Waals surface area contributed by atoms with Crippen LogP contribution in [-0.4, -0.2) is 11.4 Å². The average molecular weight is 276 g/mol. The van der Waals surface area contributed by atoms with Crippen LogP contribution in [0, 0.1) is 5.92 Å². The molecule has 0 heterocycles. The zero-order valence-corrected chi connectivity index (χ0v) is 13.1. The first-order valence-corrected chi connectivity index (χ1v) is 7.50. The smallest absolute Gasteiger partial charge is 0.222 e. The summed E-state index contributed by atoms with van der Waals surface area (Å²) in [6.45, 7) is 8.09. The van der Waals surface area contributed by atoms with Crippen LogP contribution in [0.5, 0.6) is 0 Å². The van der Waals surface area contributed by atoms with Crippen molar-refractivity contribution in [2.45, 2.75) is 58.5 Å². The minimum Gasteiger partial charge on any atom is -0.349 e. The number of carbonyl (C=O) groups excluding carboxylic acids is 1. The van der Waals surface area contributed by atoms with Crippen LogP contribution in [0.2, 0.25) is 0 Å². The van der Waals surface area contributed by atoms with Crippen molar-refractivity contribution in [1.29, 1.82) is 0 Å². The maximum Gasteiger partial charge on any atom is 0.222 e. The normalized spacial score (nSPS) is 13.3. The molecule has 0 radical (unpaired) electrons. The number of amides is 1. The first-order valence-electron chi connectivity index (χ1n) is 7.50. The highest BCUT2D eigenvalue weighted by molar-refractivity contribution is 5.77. The summed E-state index contributed by atoms with van der Waals surface area (Å²) in [6.07, 6.45) is 2.43. The molecule has 1 rings (SSSR count). The summed E-state index contributed by atoms with van der Waals surface area (Å²) in [6, 6.07) is 10.3. The van der Waals surface area contributed by atoms with E-state index < -0.39 is 5.54 Å². The lowest BCUT2D eigenvalue weighted by Crippen LogP contribution is -2.41. The lowest BCUT2D eigenvalue weighted by molar-refractivity contribution is -0.123. The van der Waals surface area contributed by atoms with E-state index in [1.54, 1.807) is 0 Å². The molecule has 3 heteroatoms. The molecule has 0 spiro atoms. The second-order valence-electron chi connectivity index (χ2n) is 6.20. The largest absolute Gasteiger partial charge is 0.349 e. The van der Waals surface area contributed by atoms with Crippen molar-refractivity contribution >= 4 is 5.91 Å². The number of hydrogen-bond donors (Lipinski definition) is 2. The molecular formula is C17H28N2O. The quantitative estimate of drug-likeness (QED) is 0.802. The molecule has 3 nitrogen and oxygen atoms in total. The highest BCUT2D eigenvalue weighted by Crippen LogP contribution is 2.27. The Kier molecular flexibility index (Phi) is 6.21. The van der Waals surface area contributed by atoms with Crippen LogP contribution in [0.4, 0.5) is 0 Å². The number of rotatable bonds is 7. The van der Waals surface area contributed by atoms with Gasteiger partial charge < -0.3 is 11.1 Å². The van der Waals surface area contributed by atoms with Crippen LogP contribution in [0.25, 0.3) is 0 Å². The molecule has 0 saturated heterocycles. The summed E-state index contributed by atoms with van der Waals surface area (Å²) in [5.74, 6) is 0.473. The molecule has 0 saturated carbocycles. The molecule has 0 aromatic heterocycles. The average Bonchev–Trinajstić information content (AvgIpc) is 2.38. The second kappa shape index (κ2) is 7.44. The molecule has 20 heavy (non-hydrogen) atoms. The van der Waals surface area contributed by atoms with Gasteiger partial charge in [0, 0.05) is 12.0 Å². The molecule has 1 aromatic rings. The summed E-state index contributed by atoms with van der Waals surface area (Å²) >= 11 is 0. The highest BCUT2D eigenvalue weighted by atomic mass is 16.1. The van der Waals surface area contributed by atoms with E-state index in [9.17, 15) is 4.79 Å². The van der Waals surface area contributed by atoms with Gasteiger partial charge in [-0.3, -0.25) is 4.79 Å². The van der Waals surface area contributed by atoms with Crippen LogP contribution in [0.15, 0.2) is 30.3 Å². The second-order valence-corrected chi connectivity index (χ2v) is 6.20. The summed E-state index contributed by atoms with van der Waals surface area (Å²) in [5, 5.41) is 3.17. The maximum atomic E-state index is 12.2. The zero-order chi connectivity index (χ0) is 15.2. The third-order valence-electron chi connectivity index (χ3n) is 3.61. The molecule has 0 aliphatic rings. The molecule has 1 atom stereocenters. The standard InChI is InChI=1S/C17H28N2O/c1-5-13(6-2)16(14-10-8-7-9-11-14)19-15(20)12-17(3,4)18/h7-11,13,16H,5-6,12,18H2,1-4H3,(H,19,20). The Hall–Kier alpha value is -1.35. The monoisotopic (exact) mass is 276 g/mol. The predicted octanol–water partition coefficient (Wildman–Crippen LogP) is 3.41. The van der Waals surface area contributed by atoms with Gasteiger partial charge in [0.15, 0.2) is 0 Å². The highest BCUT2D eigenvalue weighted by Gasteiger charge is 2.24. The lowest BCUT2D eigenvalue weighted by Gasteiger charge is -2.28. The van der Waals surface area contributed by atoms with E-state index in [-0.39, 0.29) is 11.9 Å². The van der Waals surface area contributed by atoms with Crippen molar-refractivity contribution in [3.63, 3.8) is 0 Å². The van der Waals surface area contributed by atoms with Gasteiger partial charge in [0.25, 0.3) is 0 Å². The van der Waals surface area contributed by atoms with Gasteiger partial charge in [0.2, 0.25) is 5.91 Å². The van der Waals surface area contributed by atoms with E-state index in [0.29, 0.717) is 12.3 Å². The van der Waals surface area contributed by atoms with E-state index in [1.807, 2.05) is 32.0 Å². The van der Waals surface area contributed by atoms with Gasteiger partial charge >= 0.3 is 0 Å². The first-order chi connectivity index (χ1) is 9.37. The van der Waals surface area contributed by atoms with Crippen LogP contribution in [-0.2, 0) is 4.79 Å². The fourth-order valence-electron chi connectivity index (χ4n) is 2.53. The maximum absolute atomic E-state index is 12.2. The molecule has 112 valence electrons. The van der Waals surface area contributed by atoms with E-state index in [0.717, 1.165) is 12.8 Å². The zero-order valence-electron chi connectivity index (χ0n) is 13.1. The van der Waals surface area contributed by atoms with E-state index in [4.69, 9.17) is 5.73 Å². The van der Waals surface area contributed by atoms with Gasteiger partial charge in [-0.2, -0.15) is 0 Å². The Labute approximate surface area is 122 Å². The Bertz CT molecular complexity index is 405. The Morgan fingerprint density at radius 2 is 1.75 bits per heavy atom. The summed E-state index contributed by atoms with van der Waals surface area (Å²) in [4.78, 5) is 12.2. The predicted molar refractivity (Wildman–Crippen MR) is 84.3 cm³/mol. The van der Waals surface area contributed by atoms with Crippen molar-refractivity contribution in [3.8, 4) is 0 Å². The van der Waals surface area contributed by atoms with Crippen LogP contribution in [0.1, 0.15) is 58.6 Å². The van der Waals surface area contributed by atoms with Gasteiger partial charge in [-0.1, -0.05) is 57.0 Å². The Balaban J connectivity index is 2.87. The third-order valence-corrected chi connectivity index (χ3v) is 3.61. The number of nitrogens with two attached hydrogens (primary N) is 1. The fraction of sp³-hybridized carbons (Fsp3) is 0.588. The minimum atomic E-state index is -0.473. The topological polar surface area (TPSA) is 55.1 Å². The molecule has 1 unspecified atom stereocenters. The molecule has 0 bridgehead atoms. The molecule has 3 N–H and O–H groups in total. The van der Waals surface area contributed by atoms with Gasteiger partial charge in [-0.15, -0.1) is 0 Å². The molecular weight excluding hydrogens is 248 g/mol. The fourth-order valence-corrected chi connectivity index (χ4v) is 2.53. The number of carbonyl (C=O) groups is 1. The molecule has 0 aliphatic carbocycles. The van der Waals surface area contributed by atoms with Gasteiger partial charge in [0.1, 0.15) is 0 Å². The molecule has 1 amide bonds. The summed E-state index contributed by atoms with van der Waals surface area (Å²) < 4.78 is 0. The third kappa shape index (κ3) is 5.33. The number of benzene rings is 1. The van der Waals surface area contributed by atoms with Gasteiger partial charge in [-0.05, 0) is 25.3 Å². The molecule has 1 aromatic carbocycles. The molecule has 0 fully saturated rings. The van der Waals surface area contributed by atoms with Crippen molar-refractivity contribution in [2.24, 2.45) is 11.7 Å². The van der Waals surface area contributed by atoms with Crippen molar-refractivity contribution < 1.29 is 4.79 Å². The number of hydrogen-bond acceptors (Lipinski definition) is 2. The summed E-state index contributed by atoms with van der Waals surface area (Å²) in [5.41, 5.74) is 6.63. The van der Waals surface area contributed by atoms with Crippen molar-refractivity contribution in [2.75, 3.05) is 0 Å². The van der Waals surface area contributed by atoms with E-state index in [1.165, 1.54) is 5.56 Å². The Morgan fingerprint density at radius 3 is 2.20 bits per heavy atom. The lowest BCUT2D eigenvalue weighted by atomic mass is 9.88. The van der Waals surface area contributed by atoms with Crippen LogP contribution in [0.3, 0.4) is 0 Å². The van der Waals surface area contributed by atoms with Crippen LogP contribution < -0.4 is 11.1 Å². The minimum absolute atomic E-state index is 0.0262. The van der Waals surface area contributed by atoms with E-state index in [2.05, 4.69) is 31.3 Å². The van der Waals surface area contributed by atoms with Crippen molar-refractivity contribution in [1.82, 2.24) is 5.32 Å². The SMILES string of the molecule is CCC(CC)C(NC(=O)CC(C)(C)N)c1ccccc1. The van der Waals surface area contributed by atoms with Gasteiger partial charge in [0.05, 0.1) is 6.04 Å². The van der Waals surface area contributed by atoms with Gasteiger partial charge in [-0.25, -0.2) is 0 Å². The van der Waals surface area contributed by atoms with Crippen molar-refractivity contribution in [3.05, 3.63) is 35.9 Å². The molecule has 0 aliphatic heterocycles. The van der Waals surface area contributed by atoms with E-state index >= 15 is 0 Å². The Morgan fingerprint density at radius 1 is 1.20 bits per heavy atom. The first kappa shape index (κ1) is 16.7.